The van der Waals surface area contributed by atoms with E-state index in [-0.39, 0.29) is 28.4 Å². The Hall–Kier alpha value is -6.56. The molecule has 2 aliphatic heterocycles. The maximum Gasteiger partial charge on any atom is 0.252 e. The van der Waals surface area contributed by atoms with Gasteiger partial charge in [-0.15, -0.1) is 11.3 Å². The van der Waals surface area contributed by atoms with Gasteiger partial charge in [0.2, 0.25) is 0 Å². The Labute approximate surface area is 423 Å². The molecule has 2 aliphatic carbocycles. The lowest BCUT2D eigenvalue weighted by molar-refractivity contribution is 0.332. The number of anilines is 9. The molecule has 4 aliphatic rings. The van der Waals surface area contributed by atoms with Crippen LogP contribution in [0.5, 0.6) is 0 Å². The molecule has 0 unspecified atom stereocenters. The fraction of sp³-hybridized carbons (Fsp3) is 0.262. The van der Waals surface area contributed by atoms with E-state index in [0.29, 0.717) is 5.56 Å². The second-order valence-corrected chi connectivity index (χ2v) is 24.4. The van der Waals surface area contributed by atoms with Crippen molar-refractivity contribution in [3.63, 3.8) is 0 Å². The average molecular weight is 931 g/mol. The molecule has 0 atom stereocenters. The zero-order chi connectivity index (χ0) is 50.7. The first-order valence-electron chi connectivity index (χ1n) is 26.8. The molecular formula is C65H62BN3S. The molecule has 3 nitrogen and oxygen atoms in total. The summed E-state index contributed by atoms with van der Waals surface area (Å²) in [4.78, 5) is 7.27. The Morgan fingerprint density at radius 1 is 0.486 bits per heavy atom. The first-order valence-corrected chi connectivity index (χ1v) is 26.1. The molecule has 3 heterocycles. The number of hydrogen-bond donors (Lipinski definition) is 0. The van der Waals surface area contributed by atoms with Crippen molar-refractivity contribution >= 4 is 106 Å². The highest BCUT2D eigenvalue weighted by atomic mass is 32.1. The second kappa shape index (κ2) is 15.0. The topological polar surface area (TPSA) is 9.72 Å². The molecule has 1 aromatic heterocycles. The SMILES string of the molecule is [2H]C([2H])([2H])c1cc2c3c(c1)N(c1cccc4c1sc1ccccc14)c1cc(N(c4ccccc4)c4ccccc4)ccc1B3c1cc3c(cc1N2c1cc2c(cc1C)C(C)(C)CCC2(C)C)C(C)(C)CC3(C)C. The van der Waals surface area contributed by atoms with Gasteiger partial charge in [-0.25, -0.2) is 0 Å². The summed E-state index contributed by atoms with van der Waals surface area (Å²) in [6, 6.07) is 57.8. The summed E-state index contributed by atoms with van der Waals surface area (Å²) in [5, 5.41) is 2.41. The van der Waals surface area contributed by atoms with E-state index in [0.717, 1.165) is 75.9 Å². The van der Waals surface area contributed by atoms with E-state index in [2.05, 4.69) is 223 Å². The molecule has 5 heteroatoms. The van der Waals surface area contributed by atoms with E-state index >= 15 is 0 Å². The maximum atomic E-state index is 9.30. The zero-order valence-corrected chi connectivity index (χ0v) is 42.8. The molecule has 0 N–H and O–H groups in total. The molecule has 0 saturated carbocycles. The minimum atomic E-state index is -2.40. The van der Waals surface area contributed by atoms with Gasteiger partial charge in [-0.3, -0.25) is 0 Å². The number of aryl methyl sites for hydroxylation is 2. The number of benzene rings is 8. The van der Waals surface area contributed by atoms with Crippen molar-refractivity contribution in [3.8, 4) is 0 Å². The highest BCUT2D eigenvalue weighted by Crippen LogP contribution is 2.55. The lowest BCUT2D eigenvalue weighted by Gasteiger charge is -2.46. The van der Waals surface area contributed by atoms with E-state index in [1.807, 2.05) is 23.5 Å². The summed E-state index contributed by atoms with van der Waals surface area (Å²) < 4.78 is 30.3. The Morgan fingerprint density at radius 3 is 1.71 bits per heavy atom. The molecule has 8 aromatic carbocycles. The molecule has 13 rings (SSSR count). The summed E-state index contributed by atoms with van der Waals surface area (Å²) >= 11 is 1.81. The number of para-hydroxylation sites is 2. The minimum absolute atomic E-state index is 0.0308. The van der Waals surface area contributed by atoms with E-state index in [1.165, 1.54) is 58.9 Å². The van der Waals surface area contributed by atoms with Crippen LogP contribution in [0.2, 0.25) is 0 Å². The maximum absolute atomic E-state index is 9.30. The monoisotopic (exact) mass is 930 g/mol. The quantitative estimate of drug-likeness (QED) is 0.159. The highest BCUT2D eigenvalue weighted by molar-refractivity contribution is 7.26. The van der Waals surface area contributed by atoms with Crippen molar-refractivity contribution in [3.05, 3.63) is 191 Å². The summed E-state index contributed by atoms with van der Waals surface area (Å²) in [6.45, 7) is 18.9. The van der Waals surface area contributed by atoms with E-state index < -0.39 is 6.85 Å². The molecule has 0 spiro atoms. The van der Waals surface area contributed by atoms with Gasteiger partial charge in [-0.2, -0.15) is 0 Å². The number of fused-ring (bicyclic) bond motifs is 9. The average Bonchev–Trinajstić information content (AvgIpc) is 3.84. The van der Waals surface area contributed by atoms with E-state index in [1.54, 1.807) is 0 Å². The normalized spacial score (nSPS) is 18.3. The predicted molar refractivity (Wildman–Crippen MR) is 303 cm³/mol. The van der Waals surface area contributed by atoms with Crippen molar-refractivity contribution in [2.75, 3.05) is 14.7 Å². The van der Waals surface area contributed by atoms with Crippen LogP contribution in [-0.4, -0.2) is 6.71 Å². The third kappa shape index (κ3) is 6.32. The van der Waals surface area contributed by atoms with Crippen LogP contribution in [0, 0.1) is 13.8 Å². The van der Waals surface area contributed by atoms with Gasteiger partial charge < -0.3 is 14.7 Å². The van der Waals surface area contributed by atoms with Gasteiger partial charge in [0.05, 0.1) is 10.4 Å². The van der Waals surface area contributed by atoms with Crippen molar-refractivity contribution in [1.82, 2.24) is 0 Å². The van der Waals surface area contributed by atoms with Crippen LogP contribution < -0.4 is 31.1 Å². The van der Waals surface area contributed by atoms with Gasteiger partial charge in [-0.1, -0.05) is 140 Å². The fourth-order valence-corrected chi connectivity index (χ4v) is 14.8. The van der Waals surface area contributed by atoms with Crippen LogP contribution >= 0.6 is 11.3 Å². The molecule has 0 fully saturated rings. The Morgan fingerprint density at radius 2 is 1.04 bits per heavy atom. The van der Waals surface area contributed by atoms with E-state index in [9.17, 15) is 4.11 Å². The first kappa shape index (κ1) is 40.2. The molecule has 0 bridgehead atoms. The summed E-state index contributed by atoms with van der Waals surface area (Å²) in [7, 11) is 0. The Balaban J connectivity index is 1.18. The van der Waals surface area contributed by atoms with Gasteiger partial charge >= 0.3 is 0 Å². The number of thiophene rings is 1. The van der Waals surface area contributed by atoms with E-state index in [4.69, 9.17) is 0 Å². The van der Waals surface area contributed by atoms with Crippen LogP contribution in [0.15, 0.2) is 158 Å². The van der Waals surface area contributed by atoms with Crippen molar-refractivity contribution in [1.29, 1.82) is 0 Å². The van der Waals surface area contributed by atoms with Crippen molar-refractivity contribution in [2.24, 2.45) is 0 Å². The molecule has 0 amide bonds. The van der Waals surface area contributed by atoms with Crippen molar-refractivity contribution < 1.29 is 4.11 Å². The van der Waals surface area contributed by atoms with Crippen LogP contribution in [0.1, 0.15) is 112 Å². The van der Waals surface area contributed by atoms with Gasteiger partial charge in [0.15, 0.2) is 0 Å². The summed E-state index contributed by atoms with van der Waals surface area (Å²) in [5.41, 5.74) is 19.9. The summed E-state index contributed by atoms with van der Waals surface area (Å²) in [5.74, 6) is 0. The number of hydrogen-bond acceptors (Lipinski definition) is 4. The Kier molecular flexibility index (Phi) is 8.60. The second-order valence-electron chi connectivity index (χ2n) is 23.4. The lowest BCUT2D eigenvalue weighted by Crippen LogP contribution is -2.61. The summed E-state index contributed by atoms with van der Waals surface area (Å²) in [6.07, 6.45) is 3.26. The molecule has 70 heavy (non-hydrogen) atoms. The third-order valence-electron chi connectivity index (χ3n) is 16.9. The largest absolute Gasteiger partial charge is 0.311 e. The highest BCUT2D eigenvalue weighted by Gasteiger charge is 2.49. The number of rotatable bonds is 5. The Bertz CT molecular complexity index is 3720. The van der Waals surface area contributed by atoms with Gasteiger partial charge in [-0.05, 0) is 177 Å². The molecular weight excluding hydrogens is 866 g/mol. The van der Waals surface area contributed by atoms with Gasteiger partial charge in [0.25, 0.3) is 6.71 Å². The third-order valence-corrected chi connectivity index (χ3v) is 18.1. The van der Waals surface area contributed by atoms with Crippen LogP contribution in [0.25, 0.3) is 20.2 Å². The van der Waals surface area contributed by atoms with Crippen LogP contribution in [0.4, 0.5) is 51.2 Å². The fourth-order valence-electron chi connectivity index (χ4n) is 13.6. The van der Waals surface area contributed by atoms with Gasteiger partial charge in [0, 0.05) is 65.1 Å². The molecule has 346 valence electrons. The van der Waals surface area contributed by atoms with Crippen LogP contribution in [-0.2, 0) is 21.7 Å². The smallest absolute Gasteiger partial charge is 0.252 e. The standard InChI is InChI=1S/C65H62BN3S/c1-40-32-57-60-58(33-40)69(54-37-49-47(34-41(54)2)62(3,4)30-31-63(49,5)6)56-38-50-48(64(7,8)39-65(50,9)10)36-52(56)66(60)51-29-28-44(67(42-20-13-11-14-21-42)43-22-15-12-16-23-43)35-55(51)68(57)53-26-19-25-46-45-24-17-18-27-59(45)70-61(46)53/h11-29,32-38H,30-31,39H2,1-10H3/i1D3. The van der Waals surface area contributed by atoms with Crippen LogP contribution in [0.3, 0.4) is 0 Å². The van der Waals surface area contributed by atoms with Crippen molar-refractivity contribution in [2.45, 2.75) is 110 Å². The zero-order valence-electron chi connectivity index (χ0n) is 45.0. The molecule has 9 aromatic rings. The minimum Gasteiger partial charge on any atom is -0.311 e. The number of nitrogens with zero attached hydrogens (tertiary/aromatic N) is 3. The predicted octanol–water partition coefficient (Wildman–Crippen LogP) is 16.5. The molecule has 0 saturated heterocycles. The van der Waals surface area contributed by atoms with Gasteiger partial charge in [0.1, 0.15) is 0 Å². The molecule has 0 radical (unpaired) electrons. The lowest BCUT2D eigenvalue weighted by atomic mass is 9.33. The first-order chi connectivity index (χ1) is 34.7.